The number of thiazole rings is 1. The van der Waals surface area contributed by atoms with Gasteiger partial charge in [-0.2, -0.15) is 0 Å². The Morgan fingerprint density at radius 1 is 1.08 bits per heavy atom. The molecule has 0 saturated carbocycles. The zero-order valence-electron chi connectivity index (χ0n) is 14.9. The van der Waals surface area contributed by atoms with Crippen LogP contribution < -0.4 is 5.32 Å². The maximum absolute atomic E-state index is 12.5. The smallest absolute Gasteiger partial charge is 0.273 e. The van der Waals surface area contributed by atoms with Crippen molar-refractivity contribution in [3.05, 3.63) is 11.1 Å². The lowest BCUT2D eigenvalue weighted by Gasteiger charge is -2.35. The Kier molecular flexibility index (Phi) is 6.25. The summed E-state index contributed by atoms with van der Waals surface area (Å²) in [6.45, 7) is 7.87. The van der Waals surface area contributed by atoms with E-state index in [1.165, 1.54) is 17.8 Å². The van der Waals surface area contributed by atoms with Gasteiger partial charge >= 0.3 is 0 Å². The van der Waals surface area contributed by atoms with Gasteiger partial charge in [-0.15, -0.1) is 11.3 Å². The minimum absolute atomic E-state index is 0.0117. The number of hydrogen-bond donors (Lipinski definition) is 1. The Bertz CT molecular complexity index is 592. The monoisotopic (exact) mass is 365 g/mol. The first-order valence-electron chi connectivity index (χ1n) is 9.16. The first kappa shape index (κ1) is 18.1. The van der Waals surface area contributed by atoms with Gasteiger partial charge in [0.25, 0.3) is 5.91 Å². The molecule has 0 unspecified atom stereocenters. The molecule has 1 aromatic heterocycles. The fourth-order valence-electron chi connectivity index (χ4n) is 3.31. The van der Waals surface area contributed by atoms with Gasteiger partial charge in [0, 0.05) is 51.2 Å². The molecule has 2 aliphatic rings. The summed E-state index contributed by atoms with van der Waals surface area (Å²) in [5, 5.41) is 5.73. The molecule has 2 aliphatic heterocycles. The number of carbonyl (C=O) groups is 2. The van der Waals surface area contributed by atoms with Crippen molar-refractivity contribution in [1.29, 1.82) is 0 Å². The number of piperidine rings is 1. The molecule has 1 aromatic rings. The Balaban J connectivity index is 1.46. The second-order valence-electron chi connectivity index (χ2n) is 6.58. The number of carbonyl (C=O) groups excluding carboxylic acids is 2. The second-order valence-corrected chi connectivity index (χ2v) is 7.44. The number of amides is 2. The van der Waals surface area contributed by atoms with Gasteiger partial charge < -0.3 is 15.1 Å². The molecule has 25 heavy (non-hydrogen) atoms. The highest BCUT2D eigenvalue weighted by Gasteiger charge is 2.26. The summed E-state index contributed by atoms with van der Waals surface area (Å²) >= 11 is 1.46. The number of hydrogen-bond acceptors (Lipinski definition) is 6. The predicted octanol–water partition coefficient (Wildman–Crippen LogP) is 1.35. The highest BCUT2D eigenvalue weighted by molar-refractivity contribution is 7.13. The zero-order valence-corrected chi connectivity index (χ0v) is 15.7. The Morgan fingerprint density at radius 3 is 2.48 bits per heavy atom. The van der Waals surface area contributed by atoms with Crippen LogP contribution in [0.4, 0.5) is 5.13 Å². The van der Waals surface area contributed by atoms with Gasteiger partial charge in [-0.3, -0.25) is 14.5 Å². The lowest BCUT2D eigenvalue weighted by molar-refractivity contribution is -0.133. The normalized spacial score (nSPS) is 19.1. The van der Waals surface area contributed by atoms with Gasteiger partial charge in [-0.1, -0.05) is 0 Å². The number of rotatable bonds is 5. The number of nitrogens with one attached hydrogen (secondary N) is 1. The van der Waals surface area contributed by atoms with Crippen molar-refractivity contribution in [1.82, 2.24) is 19.7 Å². The number of aromatic nitrogens is 1. The first-order valence-corrected chi connectivity index (χ1v) is 10.0. The van der Waals surface area contributed by atoms with Crippen molar-refractivity contribution in [2.75, 3.05) is 57.7 Å². The van der Waals surface area contributed by atoms with E-state index in [-0.39, 0.29) is 11.8 Å². The molecular formula is C17H27N5O2S. The van der Waals surface area contributed by atoms with Gasteiger partial charge in [0.15, 0.2) is 5.13 Å². The Hall–Kier alpha value is -1.67. The molecule has 0 bridgehead atoms. The van der Waals surface area contributed by atoms with Gasteiger partial charge in [0.05, 0.1) is 6.54 Å². The minimum atomic E-state index is -0.0117. The van der Waals surface area contributed by atoms with Crippen LogP contribution in [0.5, 0.6) is 0 Å². The predicted molar refractivity (Wildman–Crippen MR) is 99.1 cm³/mol. The van der Waals surface area contributed by atoms with E-state index >= 15 is 0 Å². The van der Waals surface area contributed by atoms with Crippen LogP contribution in [0.15, 0.2) is 5.38 Å². The summed E-state index contributed by atoms with van der Waals surface area (Å²) in [6.07, 6.45) is 3.48. The molecule has 0 atom stereocenters. The standard InChI is InChI=1S/C17H27N5O2S/c1-2-18-17-19-14(13-25-17)16(24)22-10-8-20(9-11-22)12-15(23)21-6-4-3-5-7-21/h13H,2-12H2,1H3,(H,18,19). The van der Waals surface area contributed by atoms with E-state index < -0.39 is 0 Å². The zero-order chi connectivity index (χ0) is 17.6. The van der Waals surface area contributed by atoms with Crippen LogP contribution >= 0.6 is 11.3 Å². The summed E-state index contributed by atoms with van der Waals surface area (Å²) in [5.74, 6) is 0.219. The van der Waals surface area contributed by atoms with Gasteiger partial charge in [0.1, 0.15) is 5.69 Å². The summed E-state index contributed by atoms with van der Waals surface area (Å²) in [4.78, 5) is 35.2. The van der Waals surface area contributed by atoms with Crippen molar-refractivity contribution >= 4 is 28.3 Å². The SMILES string of the molecule is CCNc1nc(C(=O)N2CCN(CC(=O)N3CCCCC3)CC2)cs1. The molecular weight excluding hydrogens is 338 g/mol. The van der Waals surface area contributed by atoms with E-state index in [4.69, 9.17) is 0 Å². The van der Waals surface area contributed by atoms with Crippen molar-refractivity contribution < 1.29 is 9.59 Å². The first-order chi connectivity index (χ1) is 12.2. The molecule has 3 heterocycles. The number of likely N-dealkylation sites (tertiary alicyclic amines) is 1. The Morgan fingerprint density at radius 2 is 1.80 bits per heavy atom. The fourth-order valence-corrected chi connectivity index (χ4v) is 4.07. The molecule has 2 fully saturated rings. The summed E-state index contributed by atoms with van der Waals surface area (Å²) in [7, 11) is 0. The molecule has 0 spiro atoms. The largest absolute Gasteiger partial charge is 0.362 e. The molecule has 3 rings (SSSR count). The van der Waals surface area contributed by atoms with E-state index in [1.807, 2.05) is 22.1 Å². The molecule has 138 valence electrons. The quantitative estimate of drug-likeness (QED) is 0.853. The van der Waals surface area contributed by atoms with Crippen LogP contribution in [0.3, 0.4) is 0 Å². The third kappa shape index (κ3) is 4.70. The van der Waals surface area contributed by atoms with E-state index in [9.17, 15) is 9.59 Å². The topological polar surface area (TPSA) is 68.8 Å². The van der Waals surface area contributed by atoms with Crippen LogP contribution in [0.1, 0.15) is 36.7 Å². The van der Waals surface area contributed by atoms with Crippen LogP contribution in [0.2, 0.25) is 0 Å². The maximum atomic E-state index is 12.5. The third-order valence-corrected chi connectivity index (χ3v) is 5.58. The van der Waals surface area contributed by atoms with Crippen LogP contribution in [0, 0.1) is 0 Å². The summed E-state index contributed by atoms with van der Waals surface area (Å²) < 4.78 is 0. The fraction of sp³-hybridized carbons (Fsp3) is 0.706. The van der Waals surface area contributed by atoms with Crippen LogP contribution in [-0.2, 0) is 4.79 Å². The number of anilines is 1. The lowest BCUT2D eigenvalue weighted by atomic mass is 10.1. The average molecular weight is 366 g/mol. The second kappa shape index (κ2) is 8.62. The molecule has 0 aliphatic carbocycles. The third-order valence-electron chi connectivity index (χ3n) is 4.78. The molecule has 2 amide bonds. The molecule has 7 nitrogen and oxygen atoms in total. The molecule has 2 saturated heterocycles. The molecule has 1 N–H and O–H groups in total. The average Bonchev–Trinajstić information content (AvgIpc) is 3.11. The highest BCUT2D eigenvalue weighted by atomic mass is 32.1. The van der Waals surface area contributed by atoms with Crippen molar-refractivity contribution in [2.24, 2.45) is 0 Å². The molecule has 0 aromatic carbocycles. The van der Waals surface area contributed by atoms with E-state index in [0.717, 1.165) is 50.7 Å². The summed E-state index contributed by atoms with van der Waals surface area (Å²) in [5.41, 5.74) is 0.513. The minimum Gasteiger partial charge on any atom is -0.362 e. The van der Waals surface area contributed by atoms with Gasteiger partial charge in [-0.25, -0.2) is 4.98 Å². The molecule has 8 heteroatoms. The van der Waals surface area contributed by atoms with Gasteiger partial charge in [0.2, 0.25) is 5.91 Å². The number of piperazine rings is 1. The van der Waals surface area contributed by atoms with Crippen molar-refractivity contribution in [3.63, 3.8) is 0 Å². The number of nitrogens with zero attached hydrogens (tertiary/aromatic N) is 4. The van der Waals surface area contributed by atoms with E-state index in [1.54, 1.807) is 0 Å². The summed E-state index contributed by atoms with van der Waals surface area (Å²) in [6, 6.07) is 0. The maximum Gasteiger partial charge on any atom is 0.273 e. The Labute approximate surface area is 153 Å². The van der Waals surface area contributed by atoms with Crippen molar-refractivity contribution in [3.8, 4) is 0 Å². The molecule has 0 radical (unpaired) electrons. The highest BCUT2D eigenvalue weighted by Crippen LogP contribution is 2.17. The van der Waals surface area contributed by atoms with Crippen LogP contribution in [0.25, 0.3) is 0 Å². The van der Waals surface area contributed by atoms with Gasteiger partial charge in [-0.05, 0) is 26.2 Å². The van der Waals surface area contributed by atoms with E-state index in [0.29, 0.717) is 25.3 Å². The van der Waals surface area contributed by atoms with E-state index in [2.05, 4.69) is 15.2 Å². The lowest BCUT2D eigenvalue weighted by Crippen LogP contribution is -2.52. The van der Waals surface area contributed by atoms with Crippen LogP contribution in [-0.4, -0.2) is 83.9 Å². The van der Waals surface area contributed by atoms with Crippen molar-refractivity contribution in [2.45, 2.75) is 26.2 Å².